The van der Waals surface area contributed by atoms with Gasteiger partial charge < -0.3 is 5.11 Å². The van der Waals surface area contributed by atoms with E-state index in [0.29, 0.717) is 18.9 Å². The molecule has 0 aliphatic heterocycles. The molecule has 2 rings (SSSR count). The molecule has 0 heterocycles. The van der Waals surface area contributed by atoms with Crippen LogP contribution < -0.4 is 4.72 Å². The van der Waals surface area contributed by atoms with Gasteiger partial charge in [-0.15, -0.1) is 0 Å². The minimum Gasteiger partial charge on any atom is -0.392 e. The number of benzene rings is 1. The van der Waals surface area contributed by atoms with Crippen LogP contribution in [0.4, 0.5) is 18.9 Å². The van der Waals surface area contributed by atoms with E-state index in [2.05, 4.69) is 0 Å². The Morgan fingerprint density at radius 1 is 1.29 bits per heavy atom. The van der Waals surface area contributed by atoms with Crippen LogP contribution in [-0.2, 0) is 16.2 Å². The van der Waals surface area contributed by atoms with Crippen LogP contribution in [0, 0.1) is 0 Å². The number of hydrogen-bond acceptors (Lipinski definition) is 3. The number of halogens is 4. The molecule has 1 aromatic carbocycles. The lowest BCUT2D eigenvalue weighted by molar-refractivity contribution is -0.136. The van der Waals surface area contributed by atoms with Crippen LogP contribution >= 0.6 is 11.6 Å². The second-order valence-electron chi connectivity index (χ2n) is 4.87. The monoisotopic (exact) mass is 343 g/mol. The maximum Gasteiger partial charge on any atom is 0.418 e. The maximum absolute atomic E-state index is 12.9. The quantitative estimate of drug-likeness (QED) is 0.886. The van der Waals surface area contributed by atoms with Gasteiger partial charge in [0.25, 0.3) is 0 Å². The predicted octanol–water partition coefficient (Wildman–Crippen LogP) is 3.01. The Morgan fingerprint density at radius 3 is 2.48 bits per heavy atom. The third-order valence-corrected chi connectivity index (χ3v) is 5.44. The third-order valence-electron chi connectivity index (χ3n) is 3.36. The molecule has 1 aromatic rings. The molecular formula is C12H13ClF3NO3S. The molecule has 0 bridgehead atoms. The van der Waals surface area contributed by atoms with E-state index in [0.717, 1.165) is 6.07 Å². The molecule has 4 nitrogen and oxygen atoms in total. The first kappa shape index (κ1) is 16.4. The standard InChI is InChI=1S/C12H13ClF3NO3S/c13-7-4-5-9(8(6-7)12(14,15)16)17-21(19,20)11-3-1-2-10(11)18/h4-6,10-11,17-18H,1-3H2. The number of nitrogens with one attached hydrogen (secondary N) is 1. The second-order valence-corrected chi connectivity index (χ2v) is 7.21. The highest BCUT2D eigenvalue weighted by Crippen LogP contribution is 2.37. The Morgan fingerprint density at radius 2 is 1.95 bits per heavy atom. The van der Waals surface area contributed by atoms with Gasteiger partial charge in [-0.1, -0.05) is 11.6 Å². The van der Waals surface area contributed by atoms with E-state index in [4.69, 9.17) is 11.6 Å². The van der Waals surface area contributed by atoms with E-state index in [-0.39, 0.29) is 11.4 Å². The first-order valence-corrected chi connectivity index (χ1v) is 8.10. The Hall–Kier alpha value is -0.990. The lowest BCUT2D eigenvalue weighted by Crippen LogP contribution is -2.34. The van der Waals surface area contributed by atoms with E-state index in [9.17, 15) is 26.7 Å². The molecule has 1 aliphatic carbocycles. The number of sulfonamides is 1. The van der Waals surface area contributed by atoms with Gasteiger partial charge >= 0.3 is 6.18 Å². The maximum atomic E-state index is 12.9. The van der Waals surface area contributed by atoms with Crippen molar-refractivity contribution in [3.05, 3.63) is 28.8 Å². The van der Waals surface area contributed by atoms with Crippen LogP contribution in [-0.4, -0.2) is 24.9 Å². The van der Waals surface area contributed by atoms with Crippen molar-refractivity contribution in [1.82, 2.24) is 0 Å². The largest absolute Gasteiger partial charge is 0.418 e. The van der Waals surface area contributed by atoms with Crippen molar-refractivity contribution >= 4 is 27.3 Å². The van der Waals surface area contributed by atoms with Gasteiger partial charge in [0.05, 0.1) is 17.4 Å². The van der Waals surface area contributed by atoms with Crippen LogP contribution in [0.3, 0.4) is 0 Å². The number of aliphatic hydroxyl groups is 1. The summed E-state index contributed by atoms with van der Waals surface area (Å²) in [5.74, 6) is 0. The fourth-order valence-corrected chi connectivity index (χ4v) is 4.17. The SMILES string of the molecule is O=S(=O)(Nc1ccc(Cl)cc1C(F)(F)F)C1CCCC1O. The van der Waals surface area contributed by atoms with E-state index in [1.54, 1.807) is 0 Å². The zero-order valence-corrected chi connectivity index (χ0v) is 12.3. The molecule has 0 spiro atoms. The molecule has 0 amide bonds. The van der Waals surface area contributed by atoms with Crippen molar-refractivity contribution in [3.8, 4) is 0 Å². The average Bonchev–Trinajstić information content (AvgIpc) is 2.77. The number of anilines is 1. The summed E-state index contributed by atoms with van der Waals surface area (Å²) in [6.45, 7) is 0. The molecule has 1 fully saturated rings. The second kappa shape index (κ2) is 5.66. The summed E-state index contributed by atoms with van der Waals surface area (Å²) in [4.78, 5) is 0. The van der Waals surface area contributed by atoms with E-state index < -0.39 is 38.8 Å². The summed E-state index contributed by atoms with van der Waals surface area (Å²) in [5, 5.41) is 8.36. The zero-order chi connectivity index (χ0) is 15.8. The highest BCUT2D eigenvalue weighted by molar-refractivity contribution is 7.93. The first-order valence-electron chi connectivity index (χ1n) is 6.18. The lowest BCUT2D eigenvalue weighted by Gasteiger charge is -2.19. The number of aliphatic hydroxyl groups excluding tert-OH is 1. The molecule has 2 atom stereocenters. The van der Waals surface area contributed by atoms with Gasteiger partial charge in [-0.25, -0.2) is 8.42 Å². The molecule has 0 aromatic heterocycles. The minimum absolute atomic E-state index is 0.147. The van der Waals surface area contributed by atoms with Gasteiger partial charge in [0.1, 0.15) is 5.25 Å². The van der Waals surface area contributed by atoms with E-state index in [1.165, 1.54) is 6.07 Å². The van der Waals surface area contributed by atoms with Gasteiger partial charge in [0, 0.05) is 5.02 Å². The van der Waals surface area contributed by atoms with Gasteiger partial charge in [-0.3, -0.25) is 4.72 Å². The minimum atomic E-state index is -4.74. The molecular weight excluding hydrogens is 331 g/mol. The fraction of sp³-hybridized carbons (Fsp3) is 0.500. The first-order chi connectivity index (χ1) is 9.61. The number of hydrogen-bond donors (Lipinski definition) is 2. The predicted molar refractivity (Wildman–Crippen MR) is 72.6 cm³/mol. The Bertz CT molecular complexity index is 633. The molecule has 0 saturated heterocycles. The molecule has 21 heavy (non-hydrogen) atoms. The van der Waals surface area contributed by atoms with Gasteiger partial charge in [0.2, 0.25) is 10.0 Å². The molecule has 2 unspecified atom stereocenters. The van der Waals surface area contributed by atoms with E-state index >= 15 is 0 Å². The normalized spacial score (nSPS) is 23.3. The summed E-state index contributed by atoms with van der Waals surface area (Å²) in [6.07, 6.45) is -4.76. The van der Waals surface area contributed by atoms with Crippen molar-refractivity contribution in [2.24, 2.45) is 0 Å². The number of rotatable bonds is 3. The van der Waals surface area contributed by atoms with Gasteiger partial charge in [0.15, 0.2) is 0 Å². The zero-order valence-electron chi connectivity index (χ0n) is 10.7. The van der Waals surface area contributed by atoms with Crippen molar-refractivity contribution in [1.29, 1.82) is 0 Å². The summed E-state index contributed by atoms with van der Waals surface area (Å²) in [5.41, 5.74) is -1.75. The van der Waals surface area contributed by atoms with Crippen LogP contribution in [0.2, 0.25) is 5.02 Å². The van der Waals surface area contributed by atoms with Crippen molar-refractivity contribution in [2.45, 2.75) is 36.8 Å². The van der Waals surface area contributed by atoms with Crippen LogP contribution in [0.5, 0.6) is 0 Å². The molecule has 1 aliphatic rings. The molecule has 2 N–H and O–H groups in total. The third kappa shape index (κ3) is 3.61. The van der Waals surface area contributed by atoms with Gasteiger partial charge in [-0.2, -0.15) is 13.2 Å². The Kier molecular flexibility index (Phi) is 4.41. The molecule has 1 saturated carbocycles. The Balaban J connectivity index is 2.35. The Labute approximate surface area is 125 Å². The summed E-state index contributed by atoms with van der Waals surface area (Å²) >= 11 is 5.53. The molecule has 0 radical (unpaired) electrons. The fourth-order valence-electron chi connectivity index (χ4n) is 2.34. The smallest absolute Gasteiger partial charge is 0.392 e. The van der Waals surface area contributed by atoms with Crippen molar-refractivity contribution in [2.75, 3.05) is 4.72 Å². The van der Waals surface area contributed by atoms with Gasteiger partial charge in [-0.05, 0) is 37.5 Å². The van der Waals surface area contributed by atoms with Crippen molar-refractivity contribution < 1.29 is 26.7 Å². The average molecular weight is 344 g/mol. The molecule has 9 heteroatoms. The highest BCUT2D eigenvalue weighted by atomic mass is 35.5. The summed E-state index contributed by atoms with van der Waals surface area (Å²) in [6, 6.07) is 2.79. The topological polar surface area (TPSA) is 66.4 Å². The van der Waals surface area contributed by atoms with Crippen LogP contribution in [0.15, 0.2) is 18.2 Å². The highest BCUT2D eigenvalue weighted by Gasteiger charge is 2.39. The van der Waals surface area contributed by atoms with E-state index in [1.807, 2.05) is 4.72 Å². The number of alkyl halides is 3. The molecule has 118 valence electrons. The lowest BCUT2D eigenvalue weighted by atomic mass is 10.2. The summed E-state index contributed by atoms with van der Waals surface area (Å²) in [7, 11) is -4.10. The van der Waals surface area contributed by atoms with Crippen LogP contribution in [0.1, 0.15) is 24.8 Å². The van der Waals surface area contributed by atoms with Crippen LogP contribution in [0.25, 0.3) is 0 Å². The van der Waals surface area contributed by atoms with Crippen molar-refractivity contribution in [3.63, 3.8) is 0 Å². The summed E-state index contributed by atoms with van der Waals surface area (Å²) < 4.78 is 64.9.